The van der Waals surface area contributed by atoms with Crippen LogP contribution in [0.2, 0.25) is 5.02 Å². The minimum absolute atomic E-state index is 0.121. The summed E-state index contributed by atoms with van der Waals surface area (Å²) < 4.78 is 36.6. The number of carbonyl (C=O) groups excluding carboxylic acids is 5. The molecule has 3 heterocycles. The Morgan fingerprint density at radius 2 is 1.88 bits per heavy atom. The van der Waals surface area contributed by atoms with Crippen LogP contribution in [0, 0.1) is 17.3 Å². The molecule has 312 valence electrons. The number of hydrogen-bond donors (Lipinski definition) is 2. The summed E-state index contributed by atoms with van der Waals surface area (Å²) in [5, 5.41) is 4.32. The van der Waals surface area contributed by atoms with Gasteiger partial charge in [0.2, 0.25) is 21.8 Å². The van der Waals surface area contributed by atoms with Gasteiger partial charge in [-0.2, -0.15) is 0 Å². The van der Waals surface area contributed by atoms with Crippen LogP contribution in [0.1, 0.15) is 95.3 Å². The number of ether oxygens (including phenoxy) is 2. The lowest BCUT2D eigenvalue weighted by molar-refractivity contribution is -0.139. The molecule has 1 aromatic carbocycles. The van der Waals surface area contributed by atoms with Gasteiger partial charge in [-0.1, -0.05) is 64.3 Å². The predicted octanol–water partition coefficient (Wildman–Crippen LogP) is 6.72. The van der Waals surface area contributed by atoms with E-state index in [1.807, 2.05) is 55.5 Å². The number of rotatable bonds is 9. The Balaban J connectivity index is 1.28. The lowest BCUT2D eigenvalue weighted by atomic mass is 9.98. The van der Waals surface area contributed by atoms with Crippen molar-refractivity contribution in [3.8, 4) is 17.0 Å². The van der Waals surface area contributed by atoms with Crippen molar-refractivity contribution in [2.24, 2.45) is 17.3 Å². The molecule has 0 unspecified atom stereocenters. The monoisotopic (exact) mass is 959 g/mol. The molecule has 14 nitrogen and oxygen atoms in total. The molecule has 18 heteroatoms. The van der Waals surface area contributed by atoms with Gasteiger partial charge in [-0.25, -0.2) is 18.2 Å². The highest BCUT2D eigenvalue weighted by Crippen LogP contribution is 2.35. The predicted molar refractivity (Wildman–Crippen MR) is 226 cm³/mol. The first kappa shape index (κ1) is 44.8. The summed E-state index contributed by atoms with van der Waals surface area (Å²) in [5.41, 5.74) is 0.868. The number of carbonyl (C=O) groups is 5. The summed E-state index contributed by atoms with van der Waals surface area (Å²) in [6.07, 6.45) is 8.40. The largest absolute Gasteiger partial charge is 0.513 e. The van der Waals surface area contributed by atoms with Crippen LogP contribution in [-0.4, -0.2) is 94.6 Å². The van der Waals surface area contributed by atoms with E-state index in [2.05, 4.69) is 15.0 Å². The highest BCUT2D eigenvalue weighted by molar-refractivity contribution is 14.1. The molecule has 4 atom stereocenters. The Kier molecular flexibility index (Phi) is 14.7. The van der Waals surface area contributed by atoms with Crippen molar-refractivity contribution in [2.75, 3.05) is 26.7 Å². The number of alkyl halides is 1. The zero-order valence-corrected chi connectivity index (χ0v) is 37.4. The normalized spacial score (nSPS) is 24.3. The molecule has 2 aromatic rings. The molecule has 2 aliphatic heterocycles. The summed E-state index contributed by atoms with van der Waals surface area (Å²) >= 11 is 9.40. The second-order valence-electron chi connectivity index (χ2n) is 16.3. The van der Waals surface area contributed by atoms with Crippen LogP contribution in [0.5, 0.6) is 5.75 Å². The molecule has 2 fully saturated rings. The van der Waals surface area contributed by atoms with Crippen LogP contribution in [0.25, 0.3) is 11.3 Å². The van der Waals surface area contributed by atoms with E-state index in [4.69, 9.17) is 21.1 Å². The number of fused-ring (bicyclic) bond motifs is 1. The minimum Gasteiger partial charge on any atom is -0.433 e. The molecular formula is C39H51ClIN5O9S2. The number of benzene rings is 1. The van der Waals surface area contributed by atoms with E-state index in [-0.39, 0.29) is 71.5 Å². The molecule has 57 heavy (non-hydrogen) atoms. The van der Waals surface area contributed by atoms with Crippen molar-refractivity contribution >= 4 is 85.3 Å². The third-order valence-electron chi connectivity index (χ3n) is 10.0. The number of nitrogens with one attached hydrogen (secondary N) is 2. The second kappa shape index (κ2) is 18.7. The van der Waals surface area contributed by atoms with Gasteiger partial charge in [0.1, 0.15) is 6.04 Å². The molecule has 0 spiro atoms. The van der Waals surface area contributed by atoms with Crippen LogP contribution in [0.4, 0.5) is 4.79 Å². The third kappa shape index (κ3) is 11.9. The first-order valence-electron chi connectivity index (χ1n) is 19.2. The number of amides is 4. The fourth-order valence-electron chi connectivity index (χ4n) is 6.63. The molecule has 5 rings (SSSR count). The molecule has 1 aliphatic carbocycles. The molecule has 2 N–H and O–H groups in total. The molecule has 1 saturated carbocycles. The molecule has 4 amide bonds. The van der Waals surface area contributed by atoms with Crippen LogP contribution in [-0.2, 0) is 29.1 Å². The standard InChI is InChI=1S/C39H51ClIN5O9S2/c1-24-12-10-8-6-7-9-11-13-32(47)46-21-25(18-30(46)33(48)43-39(24,41)36(50)44-57(52,53)27-15-16-27)20-45(5)35(49)34-42-29(22-56-34)26-14-17-31(28(40)19-26)55-37(51)54-23-38(2,3)4/h10,12,14,17,19,22,24-25,27,30H,6-9,11,13,15-16,18,20-21,23H2,1-5H3,(H,43,48)(H,44,50)/b12-10-/t24-,25-,30-,39+/m0/s1. The third-order valence-corrected chi connectivity index (χ3v) is 14.7. The van der Waals surface area contributed by atoms with Gasteiger partial charge in [-0.3, -0.25) is 23.9 Å². The minimum atomic E-state index is -3.90. The smallest absolute Gasteiger partial charge is 0.433 e. The van der Waals surface area contributed by atoms with E-state index >= 15 is 0 Å². The van der Waals surface area contributed by atoms with Gasteiger partial charge in [-0.15, -0.1) is 11.3 Å². The summed E-state index contributed by atoms with van der Waals surface area (Å²) in [4.78, 5) is 74.9. The molecule has 1 aromatic heterocycles. The van der Waals surface area contributed by atoms with Crippen molar-refractivity contribution in [1.29, 1.82) is 0 Å². The van der Waals surface area contributed by atoms with E-state index in [0.717, 1.165) is 37.0 Å². The van der Waals surface area contributed by atoms with Crippen molar-refractivity contribution in [1.82, 2.24) is 24.8 Å². The first-order chi connectivity index (χ1) is 26.8. The average Bonchev–Trinajstić information content (AvgIpc) is 3.76. The Bertz CT molecular complexity index is 1980. The number of allylic oxidation sites excluding steroid dienone is 1. The van der Waals surface area contributed by atoms with Crippen molar-refractivity contribution in [3.05, 3.63) is 45.8 Å². The molecular weight excluding hydrogens is 909 g/mol. The highest BCUT2D eigenvalue weighted by atomic mass is 127. The first-order valence-corrected chi connectivity index (χ1v) is 23.0. The fourth-order valence-corrected chi connectivity index (χ4v) is 9.80. The van der Waals surface area contributed by atoms with Gasteiger partial charge in [0.25, 0.3) is 11.8 Å². The summed E-state index contributed by atoms with van der Waals surface area (Å²) in [6, 6.07) is 3.85. The van der Waals surface area contributed by atoms with E-state index in [1.165, 1.54) is 15.9 Å². The van der Waals surface area contributed by atoms with Gasteiger partial charge >= 0.3 is 6.16 Å². The Labute approximate surface area is 357 Å². The van der Waals surface area contributed by atoms with Gasteiger partial charge in [0.05, 0.1) is 22.6 Å². The molecule has 0 bridgehead atoms. The van der Waals surface area contributed by atoms with Crippen LogP contribution >= 0.6 is 45.5 Å². The van der Waals surface area contributed by atoms with Gasteiger partial charge in [-0.05, 0) is 90.6 Å². The van der Waals surface area contributed by atoms with E-state index in [0.29, 0.717) is 30.5 Å². The number of sulfonamides is 1. The zero-order chi connectivity index (χ0) is 41.7. The topological polar surface area (TPSA) is 181 Å². The quantitative estimate of drug-likeness (QED) is 0.0685. The lowest BCUT2D eigenvalue weighted by Crippen LogP contribution is -2.62. The van der Waals surface area contributed by atoms with Gasteiger partial charge in [0, 0.05) is 43.4 Å². The number of thiazole rings is 1. The molecule has 0 radical (unpaired) electrons. The lowest BCUT2D eigenvalue weighted by Gasteiger charge is -2.34. The number of hydrogen-bond acceptors (Lipinski definition) is 11. The number of halogens is 2. The van der Waals surface area contributed by atoms with Crippen molar-refractivity contribution < 1.29 is 41.9 Å². The summed E-state index contributed by atoms with van der Waals surface area (Å²) in [6.45, 7) is 8.14. The second-order valence-corrected chi connectivity index (χ2v) is 21.2. The Hall–Kier alpha value is -3.29. The maximum absolute atomic E-state index is 14.2. The zero-order valence-electron chi connectivity index (χ0n) is 32.8. The number of aromatic nitrogens is 1. The van der Waals surface area contributed by atoms with Gasteiger partial charge in [0.15, 0.2) is 14.3 Å². The Morgan fingerprint density at radius 1 is 1.16 bits per heavy atom. The van der Waals surface area contributed by atoms with Crippen LogP contribution in [0.3, 0.4) is 0 Å². The van der Waals surface area contributed by atoms with E-state index in [1.54, 1.807) is 31.5 Å². The highest BCUT2D eigenvalue weighted by Gasteiger charge is 2.49. The van der Waals surface area contributed by atoms with Gasteiger partial charge < -0.3 is 24.6 Å². The maximum atomic E-state index is 14.2. The fraction of sp³-hybridized carbons (Fsp3) is 0.590. The molecule has 1 saturated heterocycles. The van der Waals surface area contributed by atoms with Crippen LogP contribution in [0.15, 0.2) is 35.7 Å². The SMILES string of the molecule is C[C@H]1/C=C\CCCCCCC(=O)N2C[C@H](CN(C)C(=O)c3nc(-c4ccc(OC(=O)OCC(C)(C)C)c(Cl)c4)cs3)C[C@H]2C(=O)N[C@@]1(I)C(=O)NS(=O)(=O)C1CC1. The Morgan fingerprint density at radius 3 is 2.56 bits per heavy atom. The molecule has 3 aliphatic rings. The summed E-state index contributed by atoms with van der Waals surface area (Å²) in [5.74, 6) is -2.68. The maximum Gasteiger partial charge on any atom is 0.513 e. The van der Waals surface area contributed by atoms with E-state index < -0.39 is 48.7 Å². The summed E-state index contributed by atoms with van der Waals surface area (Å²) in [7, 11) is -2.26. The number of nitrogens with zero attached hydrogens (tertiary/aromatic N) is 3. The van der Waals surface area contributed by atoms with Crippen molar-refractivity contribution in [2.45, 2.75) is 100 Å². The van der Waals surface area contributed by atoms with Crippen LogP contribution < -0.4 is 14.8 Å². The average molecular weight is 960 g/mol. The van der Waals surface area contributed by atoms with E-state index in [9.17, 15) is 32.4 Å². The van der Waals surface area contributed by atoms with Crippen molar-refractivity contribution in [3.63, 3.8) is 0 Å².